The van der Waals surface area contributed by atoms with E-state index in [1.165, 1.54) is 29.5 Å². The Morgan fingerprint density at radius 3 is 2.77 bits per heavy atom. The molecule has 2 aliphatic heterocycles. The van der Waals surface area contributed by atoms with Crippen molar-refractivity contribution < 1.29 is 4.79 Å². The normalized spacial score (nSPS) is 23.5. The molecule has 1 saturated heterocycles. The fourth-order valence-electron chi connectivity index (χ4n) is 4.70. The Balaban J connectivity index is 1.59. The second kappa shape index (κ2) is 7.20. The standard InChI is InChI=1S/C22H27N3O/c1-18(26)25-15-21-8-3-2-7-20(21)12-22(17-25)9-5-11-24(16-22)14-19-6-4-10-23-13-19/h2-4,6-8,10,13H,5,9,11-12,14-17H2,1H3. The van der Waals surface area contributed by atoms with Crippen molar-refractivity contribution in [2.24, 2.45) is 5.41 Å². The van der Waals surface area contributed by atoms with Crippen LogP contribution in [0.3, 0.4) is 0 Å². The Morgan fingerprint density at radius 2 is 2.00 bits per heavy atom. The van der Waals surface area contributed by atoms with E-state index in [0.29, 0.717) is 0 Å². The van der Waals surface area contributed by atoms with Gasteiger partial charge in [-0.3, -0.25) is 14.7 Å². The third-order valence-corrected chi connectivity index (χ3v) is 5.89. The van der Waals surface area contributed by atoms with Crippen LogP contribution in [0.4, 0.5) is 0 Å². The van der Waals surface area contributed by atoms with E-state index in [2.05, 4.69) is 45.1 Å². The van der Waals surface area contributed by atoms with Gasteiger partial charge in [0.1, 0.15) is 0 Å². The number of likely N-dealkylation sites (tertiary alicyclic amines) is 1. The lowest BCUT2D eigenvalue weighted by atomic mass is 9.74. The lowest BCUT2D eigenvalue weighted by Crippen LogP contribution is -2.49. The largest absolute Gasteiger partial charge is 0.338 e. The van der Waals surface area contributed by atoms with Gasteiger partial charge in [-0.25, -0.2) is 0 Å². The van der Waals surface area contributed by atoms with Crippen LogP contribution >= 0.6 is 0 Å². The van der Waals surface area contributed by atoms with E-state index in [4.69, 9.17) is 0 Å². The van der Waals surface area contributed by atoms with Crippen LogP contribution in [-0.2, 0) is 24.3 Å². The highest BCUT2D eigenvalue weighted by Crippen LogP contribution is 2.38. The minimum atomic E-state index is 0.152. The van der Waals surface area contributed by atoms with Crippen LogP contribution in [0.5, 0.6) is 0 Å². The average Bonchev–Trinajstić information content (AvgIpc) is 2.79. The van der Waals surface area contributed by atoms with Crippen molar-refractivity contribution in [2.45, 2.75) is 39.3 Å². The number of carbonyl (C=O) groups is 1. The molecule has 1 unspecified atom stereocenters. The topological polar surface area (TPSA) is 36.4 Å². The number of benzene rings is 1. The van der Waals surface area contributed by atoms with Crippen LogP contribution in [0.2, 0.25) is 0 Å². The van der Waals surface area contributed by atoms with Gasteiger partial charge >= 0.3 is 0 Å². The third-order valence-electron chi connectivity index (χ3n) is 5.89. The number of piperidine rings is 1. The summed E-state index contributed by atoms with van der Waals surface area (Å²) < 4.78 is 0. The molecular weight excluding hydrogens is 322 g/mol. The van der Waals surface area contributed by atoms with Crippen LogP contribution in [0.25, 0.3) is 0 Å². The van der Waals surface area contributed by atoms with Crippen molar-refractivity contribution in [3.63, 3.8) is 0 Å². The van der Waals surface area contributed by atoms with Crippen molar-refractivity contribution in [3.8, 4) is 0 Å². The van der Waals surface area contributed by atoms with Gasteiger partial charge in [0.05, 0.1) is 0 Å². The van der Waals surface area contributed by atoms with E-state index < -0.39 is 0 Å². The molecule has 2 aromatic rings. The molecule has 1 spiro atoms. The molecule has 0 bridgehead atoms. The fraction of sp³-hybridized carbons (Fsp3) is 0.455. The van der Waals surface area contributed by atoms with Gasteiger partial charge in [0.25, 0.3) is 0 Å². The molecule has 1 aromatic carbocycles. The molecule has 4 heteroatoms. The van der Waals surface area contributed by atoms with Crippen molar-refractivity contribution >= 4 is 5.91 Å². The van der Waals surface area contributed by atoms with Crippen molar-refractivity contribution in [1.82, 2.24) is 14.8 Å². The molecule has 2 aliphatic rings. The molecule has 1 aromatic heterocycles. The minimum Gasteiger partial charge on any atom is -0.338 e. The van der Waals surface area contributed by atoms with E-state index in [1.54, 1.807) is 6.92 Å². The molecule has 1 fully saturated rings. The van der Waals surface area contributed by atoms with E-state index in [1.807, 2.05) is 18.5 Å². The number of pyridine rings is 1. The molecule has 0 saturated carbocycles. The predicted molar refractivity (Wildman–Crippen MR) is 102 cm³/mol. The number of amides is 1. The number of hydrogen-bond acceptors (Lipinski definition) is 3. The van der Waals surface area contributed by atoms with Gasteiger partial charge < -0.3 is 4.90 Å². The van der Waals surface area contributed by atoms with Crippen LogP contribution in [0, 0.1) is 5.41 Å². The number of aromatic nitrogens is 1. The smallest absolute Gasteiger partial charge is 0.219 e. The summed E-state index contributed by atoms with van der Waals surface area (Å²) in [6, 6.07) is 12.8. The molecule has 4 rings (SSSR count). The zero-order valence-corrected chi connectivity index (χ0v) is 15.5. The minimum absolute atomic E-state index is 0.152. The first-order valence-electron chi connectivity index (χ1n) is 9.57. The first-order chi connectivity index (χ1) is 12.6. The number of fused-ring (bicyclic) bond motifs is 1. The van der Waals surface area contributed by atoms with Gasteiger partial charge in [-0.15, -0.1) is 0 Å². The summed E-state index contributed by atoms with van der Waals surface area (Å²) in [6.45, 7) is 6.42. The second-order valence-electron chi connectivity index (χ2n) is 8.00. The zero-order valence-electron chi connectivity index (χ0n) is 15.5. The summed E-state index contributed by atoms with van der Waals surface area (Å²) in [5, 5.41) is 0. The monoisotopic (exact) mass is 349 g/mol. The Bertz CT molecular complexity index is 776. The molecule has 0 N–H and O–H groups in total. The van der Waals surface area contributed by atoms with Gasteiger partial charge in [-0.2, -0.15) is 0 Å². The molecule has 136 valence electrons. The molecular formula is C22H27N3O. The summed E-state index contributed by atoms with van der Waals surface area (Å²) in [5.74, 6) is 0.186. The van der Waals surface area contributed by atoms with Gasteiger partial charge in [-0.1, -0.05) is 30.3 Å². The lowest BCUT2D eigenvalue weighted by molar-refractivity contribution is -0.131. The summed E-state index contributed by atoms with van der Waals surface area (Å²) in [4.78, 5) is 21.1. The van der Waals surface area contributed by atoms with E-state index in [-0.39, 0.29) is 11.3 Å². The molecule has 1 amide bonds. The number of carbonyl (C=O) groups excluding carboxylic acids is 1. The maximum Gasteiger partial charge on any atom is 0.219 e. The highest BCUT2D eigenvalue weighted by atomic mass is 16.2. The molecule has 0 radical (unpaired) electrons. The van der Waals surface area contributed by atoms with Gasteiger partial charge in [0, 0.05) is 50.9 Å². The zero-order chi connectivity index (χ0) is 18.0. The molecule has 3 heterocycles. The van der Waals surface area contributed by atoms with Crippen molar-refractivity contribution in [1.29, 1.82) is 0 Å². The van der Waals surface area contributed by atoms with Crippen molar-refractivity contribution in [2.75, 3.05) is 19.6 Å². The highest BCUT2D eigenvalue weighted by Gasteiger charge is 2.40. The lowest BCUT2D eigenvalue weighted by Gasteiger charge is -2.44. The quantitative estimate of drug-likeness (QED) is 0.835. The van der Waals surface area contributed by atoms with Crippen LogP contribution in [0.15, 0.2) is 48.8 Å². The third kappa shape index (κ3) is 3.65. The van der Waals surface area contributed by atoms with Crippen LogP contribution in [-0.4, -0.2) is 40.3 Å². The highest BCUT2D eigenvalue weighted by molar-refractivity contribution is 5.73. The average molecular weight is 349 g/mol. The van der Waals surface area contributed by atoms with Gasteiger partial charge in [0.15, 0.2) is 0 Å². The Morgan fingerprint density at radius 1 is 1.15 bits per heavy atom. The number of rotatable bonds is 2. The Kier molecular flexibility index (Phi) is 4.77. The fourth-order valence-corrected chi connectivity index (χ4v) is 4.70. The van der Waals surface area contributed by atoms with E-state index in [9.17, 15) is 4.79 Å². The maximum atomic E-state index is 12.3. The molecule has 1 atom stereocenters. The maximum absolute atomic E-state index is 12.3. The van der Waals surface area contributed by atoms with E-state index in [0.717, 1.165) is 39.1 Å². The molecule has 0 aliphatic carbocycles. The summed E-state index contributed by atoms with van der Waals surface area (Å²) in [5.41, 5.74) is 4.14. The Labute approximate surface area is 155 Å². The number of nitrogens with zero attached hydrogens (tertiary/aromatic N) is 3. The molecule has 4 nitrogen and oxygen atoms in total. The SMILES string of the molecule is CC(=O)N1Cc2ccccc2CC2(CCCN(Cc3cccnc3)C2)C1. The number of hydrogen-bond donors (Lipinski definition) is 0. The van der Waals surface area contributed by atoms with Gasteiger partial charge in [-0.05, 0) is 48.6 Å². The van der Waals surface area contributed by atoms with E-state index >= 15 is 0 Å². The first kappa shape index (κ1) is 17.2. The molecule has 26 heavy (non-hydrogen) atoms. The predicted octanol–water partition coefficient (Wildman–Crippen LogP) is 3.27. The summed E-state index contributed by atoms with van der Waals surface area (Å²) >= 11 is 0. The van der Waals surface area contributed by atoms with Crippen LogP contribution < -0.4 is 0 Å². The van der Waals surface area contributed by atoms with Crippen LogP contribution in [0.1, 0.15) is 36.5 Å². The summed E-state index contributed by atoms with van der Waals surface area (Å²) in [7, 11) is 0. The van der Waals surface area contributed by atoms with Gasteiger partial charge in [0.2, 0.25) is 5.91 Å². The van der Waals surface area contributed by atoms with Crippen molar-refractivity contribution in [3.05, 3.63) is 65.5 Å². The second-order valence-corrected chi connectivity index (χ2v) is 8.00. The first-order valence-corrected chi connectivity index (χ1v) is 9.57. The Hall–Kier alpha value is -2.20. The summed E-state index contributed by atoms with van der Waals surface area (Å²) in [6.07, 6.45) is 7.24.